The topological polar surface area (TPSA) is 28.6 Å². The average molecular weight is 339 g/mol. The summed E-state index contributed by atoms with van der Waals surface area (Å²) >= 11 is 0. The maximum absolute atomic E-state index is 5.53. The number of ether oxygens (including phenoxy) is 1. The van der Waals surface area contributed by atoms with Crippen molar-refractivity contribution in [3.05, 3.63) is 36.0 Å². The first kappa shape index (κ1) is 16.8. The van der Waals surface area contributed by atoms with Crippen molar-refractivity contribution in [1.82, 2.24) is 9.88 Å². The summed E-state index contributed by atoms with van der Waals surface area (Å²) in [4.78, 5) is 10.0. The monoisotopic (exact) mass is 339 g/mol. The van der Waals surface area contributed by atoms with Gasteiger partial charge in [0.05, 0.1) is 12.1 Å². The van der Waals surface area contributed by atoms with E-state index >= 15 is 0 Å². The van der Waals surface area contributed by atoms with Gasteiger partial charge < -0.3 is 9.64 Å². The van der Waals surface area contributed by atoms with E-state index in [0.29, 0.717) is 0 Å². The Kier molecular flexibility index (Phi) is 5.18. The Labute approximate surface area is 150 Å². The molecule has 4 heteroatoms. The van der Waals surface area contributed by atoms with Crippen molar-refractivity contribution in [1.29, 1.82) is 0 Å². The normalized spacial score (nSPS) is 22.0. The van der Waals surface area contributed by atoms with Crippen LogP contribution in [0.3, 0.4) is 0 Å². The Morgan fingerprint density at radius 2 is 2.00 bits per heavy atom. The quantitative estimate of drug-likeness (QED) is 0.835. The molecular weight excluding hydrogens is 310 g/mol. The van der Waals surface area contributed by atoms with Crippen LogP contribution < -0.4 is 4.90 Å². The highest BCUT2D eigenvalue weighted by molar-refractivity contribution is 5.92. The molecule has 134 valence electrons. The number of para-hydroxylation sites is 1. The molecule has 1 atom stereocenters. The zero-order chi connectivity index (χ0) is 17.1. The maximum atomic E-state index is 5.53. The standard InChI is InChI=1S/C21H29N3O/c1-2-5-18-14-21(19-6-3-4-7-20(19)22-18)24-11-9-23(10-12-24)15-17-8-13-25-16-17/h3-4,6-7,14,17H,2,5,8-13,15-16H2,1H3. The number of aromatic nitrogens is 1. The van der Waals surface area contributed by atoms with Gasteiger partial charge in [0.1, 0.15) is 0 Å². The van der Waals surface area contributed by atoms with Gasteiger partial charge in [0.25, 0.3) is 0 Å². The van der Waals surface area contributed by atoms with E-state index in [-0.39, 0.29) is 0 Å². The molecule has 25 heavy (non-hydrogen) atoms. The Balaban J connectivity index is 1.50. The molecule has 0 radical (unpaired) electrons. The van der Waals surface area contributed by atoms with Crippen LogP contribution in [0.5, 0.6) is 0 Å². The van der Waals surface area contributed by atoms with Crippen LogP contribution in [-0.4, -0.2) is 55.8 Å². The molecule has 2 aliphatic heterocycles. The fourth-order valence-electron chi connectivity index (χ4n) is 4.12. The van der Waals surface area contributed by atoms with E-state index < -0.39 is 0 Å². The van der Waals surface area contributed by atoms with Gasteiger partial charge >= 0.3 is 0 Å². The van der Waals surface area contributed by atoms with Crippen molar-refractivity contribution in [3.63, 3.8) is 0 Å². The molecule has 2 fully saturated rings. The third-order valence-corrected chi connectivity index (χ3v) is 5.51. The van der Waals surface area contributed by atoms with E-state index in [4.69, 9.17) is 9.72 Å². The summed E-state index contributed by atoms with van der Waals surface area (Å²) < 4.78 is 5.53. The second-order valence-electron chi connectivity index (χ2n) is 7.42. The number of hydrogen-bond acceptors (Lipinski definition) is 4. The zero-order valence-electron chi connectivity index (χ0n) is 15.3. The highest BCUT2D eigenvalue weighted by Gasteiger charge is 2.23. The van der Waals surface area contributed by atoms with E-state index in [2.05, 4.69) is 47.1 Å². The number of benzene rings is 1. The first-order valence-corrected chi connectivity index (χ1v) is 9.77. The molecule has 0 spiro atoms. The Morgan fingerprint density at radius 3 is 2.76 bits per heavy atom. The predicted octanol–water partition coefficient (Wildman–Crippen LogP) is 3.35. The number of aryl methyl sites for hydroxylation is 1. The van der Waals surface area contributed by atoms with Crippen LogP contribution in [-0.2, 0) is 11.2 Å². The maximum Gasteiger partial charge on any atom is 0.0726 e. The van der Waals surface area contributed by atoms with E-state index in [1.165, 1.54) is 29.7 Å². The molecule has 0 saturated carbocycles. The van der Waals surface area contributed by atoms with Crippen LogP contribution in [0.25, 0.3) is 10.9 Å². The fourth-order valence-corrected chi connectivity index (χ4v) is 4.12. The molecule has 4 nitrogen and oxygen atoms in total. The summed E-state index contributed by atoms with van der Waals surface area (Å²) in [6.45, 7) is 9.84. The van der Waals surface area contributed by atoms with Gasteiger partial charge in [-0.05, 0) is 30.9 Å². The highest BCUT2D eigenvalue weighted by atomic mass is 16.5. The largest absolute Gasteiger partial charge is 0.381 e. The van der Waals surface area contributed by atoms with Crippen LogP contribution in [0.15, 0.2) is 30.3 Å². The Bertz CT molecular complexity index is 703. The van der Waals surface area contributed by atoms with E-state index in [0.717, 1.165) is 63.7 Å². The zero-order valence-corrected chi connectivity index (χ0v) is 15.3. The SMILES string of the molecule is CCCc1cc(N2CCN(CC3CCOC3)CC2)c2ccccc2n1. The molecule has 0 amide bonds. The highest BCUT2D eigenvalue weighted by Crippen LogP contribution is 2.28. The van der Waals surface area contributed by atoms with Crippen LogP contribution >= 0.6 is 0 Å². The van der Waals surface area contributed by atoms with Gasteiger partial charge in [0, 0.05) is 56.1 Å². The van der Waals surface area contributed by atoms with Crippen LogP contribution in [0.2, 0.25) is 0 Å². The van der Waals surface area contributed by atoms with E-state index in [9.17, 15) is 0 Å². The molecule has 0 N–H and O–H groups in total. The van der Waals surface area contributed by atoms with Gasteiger partial charge in [-0.15, -0.1) is 0 Å². The Hall–Kier alpha value is -1.65. The minimum Gasteiger partial charge on any atom is -0.381 e. The number of rotatable bonds is 5. The van der Waals surface area contributed by atoms with E-state index in [1.54, 1.807) is 0 Å². The average Bonchev–Trinajstić information content (AvgIpc) is 3.15. The predicted molar refractivity (Wildman–Crippen MR) is 103 cm³/mol. The van der Waals surface area contributed by atoms with Crippen molar-refractivity contribution < 1.29 is 4.74 Å². The number of fused-ring (bicyclic) bond motifs is 1. The summed E-state index contributed by atoms with van der Waals surface area (Å²) in [6.07, 6.45) is 3.43. The molecule has 0 aliphatic carbocycles. The first-order valence-electron chi connectivity index (χ1n) is 9.77. The summed E-state index contributed by atoms with van der Waals surface area (Å²) in [5.74, 6) is 0.740. The lowest BCUT2D eigenvalue weighted by Gasteiger charge is -2.37. The lowest BCUT2D eigenvalue weighted by Crippen LogP contribution is -2.48. The van der Waals surface area contributed by atoms with E-state index in [1.807, 2.05) is 0 Å². The summed E-state index contributed by atoms with van der Waals surface area (Å²) in [6, 6.07) is 10.9. The smallest absolute Gasteiger partial charge is 0.0726 e. The molecule has 0 bridgehead atoms. The minimum atomic E-state index is 0.740. The molecule has 2 aliphatic rings. The molecule has 2 saturated heterocycles. The van der Waals surface area contributed by atoms with Gasteiger partial charge in [-0.2, -0.15) is 0 Å². The summed E-state index contributed by atoms with van der Waals surface area (Å²) in [5, 5.41) is 1.29. The molecule has 2 aromatic rings. The van der Waals surface area contributed by atoms with Gasteiger partial charge in [-0.1, -0.05) is 31.5 Å². The number of nitrogens with zero attached hydrogens (tertiary/aromatic N) is 3. The fraction of sp³-hybridized carbons (Fsp3) is 0.571. The third kappa shape index (κ3) is 3.80. The first-order chi connectivity index (χ1) is 12.3. The Morgan fingerprint density at radius 1 is 1.16 bits per heavy atom. The second-order valence-corrected chi connectivity index (χ2v) is 7.42. The third-order valence-electron chi connectivity index (χ3n) is 5.51. The summed E-state index contributed by atoms with van der Waals surface area (Å²) in [5.41, 5.74) is 3.73. The van der Waals surface area contributed by atoms with Crippen molar-refractivity contribution in [2.75, 3.05) is 50.8 Å². The molecular formula is C21H29N3O. The van der Waals surface area contributed by atoms with Crippen LogP contribution in [0.1, 0.15) is 25.5 Å². The molecule has 1 aromatic carbocycles. The molecule has 3 heterocycles. The second kappa shape index (κ2) is 7.71. The molecule has 1 unspecified atom stereocenters. The lowest BCUT2D eigenvalue weighted by molar-refractivity contribution is 0.164. The van der Waals surface area contributed by atoms with Gasteiger partial charge in [0.2, 0.25) is 0 Å². The number of pyridine rings is 1. The minimum absolute atomic E-state index is 0.740. The molecule has 4 rings (SSSR count). The van der Waals surface area contributed by atoms with Crippen LogP contribution in [0.4, 0.5) is 5.69 Å². The van der Waals surface area contributed by atoms with Crippen molar-refractivity contribution in [2.24, 2.45) is 5.92 Å². The van der Waals surface area contributed by atoms with Gasteiger partial charge in [-0.3, -0.25) is 9.88 Å². The number of anilines is 1. The lowest BCUT2D eigenvalue weighted by atomic mass is 10.1. The van der Waals surface area contributed by atoms with Crippen molar-refractivity contribution in [2.45, 2.75) is 26.2 Å². The number of hydrogen-bond donors (Lipinski definition) is 0. The van der Waals surface area contributed by atoms with Crippen molar-refractivity contribution >= 4 is 16.6 Å². The van der Waals surface area contributed by atoms with Crippen LogP contribution in [0, 0.1) is 5.92 Å². The molecule has 1 aromatic heterocycles. The van der Waals surface area contributed by atoms with Gasteiger partial charge in [0.15, 0.2) is 0 Å². The number of piperazine rings is 1. The van der Waals surface area contributed by atoms with Gasteiger partial charge in [-0.25, -0.2) is 0 Å². The summed E-state index contributed by atoms with van der Waals surface area (Å²) in [7, 11) is 0. The van der Waals surface area contributed by atoms with Crippen molar-refractivity contribution in [3.8, 4) is 0 Å².